The van der Waals surface area contributed by atoms with Crippen molar-refractivity contribution in [2.24, 2.45) is 0 Å². The van der Waals surface area contributed by atoms with Crippen molar-refractivity contribution >= 4 is 33.2 Å². The Labute approximate surface area is 156 Å². The highest BCUT2D eigenvalue weighted by molar-refractivity contribution is 7.89. The molecule has 142 valence electrons. The summed E-state index contributed by atoms with van der Waals surface area (Å²) < 4.78 is 25.5. The van der Waals surface area contributed by atoms with Gasteiger partial charge >= 0.3 is 0 Å². The predicted molar refractivity (Wildman–Crippen MR) is 103 cm³/mol. The standard InChI is InChI=1S/C17H28ClN3O3S/c1-5-7-11-21(6-2)12-10-17(22)19-16-13-14(8-9-15(16)18)25(23,24)20(3)4/h8-9,13H,5-7,10-12H2,1-4H3,(H,19,22). The van der Waals surface area contributed by atoms with E-state index in [2.05, 4.69) is 24.1 Å². The predicted octanol–water partition coefficient (Wildman–Crippen LogP) is 3.04. The van der Waals surface area contributed by atoms with E-state index in [4.69, 9.17) is 11.6 Å². The van der Waals surface area contributed by atoms with Gasteiger partial charge in [0.2, 0.25) is 15.9 Å². The molecular formula is C17H28ClN3O3S. The minimum absolute atomic E-state index is 0.0929. The van der Waals surface area contributed by atoms with Gasteiger partial charge in [-0.2, -0.15) is 0 Å². The SMILES string of the molecule is CCCCN(CC)CCC(=O)Nc1cc(S(=O)(=O)N(C)C)ccc1Cl. The van der Waals surface area contributed by atoms with E-state index in [-0.39, 0.29) is 10.8 Å². The summed E-state index contributed by atoms with van der Waals surface area (Å²) in [7, 11) is -0.664. The molecule has 0 aliphatic carbocycles. The fraction of sp³-hybridized carbons (Fsp3) is 0.588. The second-order valence-electron chi connectivity index (χ2n) is 6.02. The molecule has 0 saturated heterocycles. The summed E-state index contributed by atoms with van der Waals surface area (Å²) in [6, 6.07) is 4.30. The molecule has 0 radical (unpaired) electrons. The second kappa shape index (κ2) is 10.1. The Bertz CT molecular complexity index is 678. The number of sulfonamides is 1. The molecule has 0 atom stereocenters. The topological polar surface area (TPSA) is 69.7 Å². The summed E-state index contributed by atoms with van der Waals surface area (Å²) in [5.41, 5.74) is 0.311. The van der Waals surface area contributed by atoms with Crippen molar-refractivity contribution in [3.8, 4) is 0 Å². The molecule has 0 aromatic heterocycles. The Kier molecular flexibility index (Phi) is 8.85. The number of hydrogen-bond acceptors (Lipinski definition) is 4. The molecule has 0 saturated carbocycles. The van der Waals surface area contributed by atoms with E-state index in [1.165, 1.54) is 32.3 Å². The molecule has 6 nitrogen and oxygen atoms in total. The summed E-state index contributed by atoms with van der Waals surface area (Å²) in [6.07, 6.45) is 2.55. The van der Waals surface area contributed by atoms with Crippen LogP contribution in [0, 0.1) is 0 Å². The van der Waals surface area contributed by atoms with Crippen LogP contribution in [0.3, 0.4) is 0 Å². The van der Waals surface area contributed by atoms with E-state index < -0.39 is 10.0 Å². The number of nitrogens with one attached hydrogen (secondary N) is 1. The lowest BCUT2D eigenvalue weighted by molar-refractivity contribution is -0.116. The molecule has 0 heterocycles. The van der Waals surface area contributed by atoms with E-state index in [1.807, 2.05) is 0 Å². The van der Waals surface area contributed by atoms with Gasteiger partial charge in [0.1, 0.15) is 0 Å². The molecule has 1 N–H and O–H groups in total. The molecule has 0 aliphatic rings. The molecular weight excluding hydrogens is 362 g/mol. The molecule has 1 aromatic rings. The molecule has 0 bridgehead atoms. The monoisotopic (exact) mass is 389 g/mol. The molecule has 1 aromatic carbocycles. The first-order valence-corrected chi connectivity index (χ1v) is 10.3. The number of rotatable bonds is 10. The lowest BCUT2D eigenvalue weighted by atomic mass is 10.2. The van der Waals surface area contributed by atoms with Crippen molar-refractivity contribution in [2.75, 3.05) is 39.0 Å². The van der Waals surface area contributed by atoms with Crippen molar-refractivity contribution in [3.05, 3.63) is 23.2 Å². The Hall–Kier alpha value is -1.15. The molecule has 0 aliphatic heterocycles. The van der Waals surface area contributed by atoms with Crippen LogP contribution >= 0.6 is 11.6 Å². The van der Waals surface area contributed by atoms with Crippen molar-refractivity contribution < 1.29 is 13.2 Å². The molecule has 25 heavy (non-hydrogen) atoms. The van der Waals surface area contributed by atoms with E-state index in [9.17, 15) is 13.2 Å². The molecule has 0 fully saturated rings. The maximum atomic E-state index is 12.2. The quantitative estimate of drug-likeness (QED) is 0.667. The highest BCUT2D eigenvalue weighted by atomic mass is 35.5. The Morgan fingerprint density at radius 3 is 2.44 bits per heavy atom. The number of benzene rings is 1. The first kappa shape index (κ1) is 21.9. The van der Waals surface area contributed by atoms with Crippen molar-refractivity contribution in [1.29, 1.82) is 0 Å². The summed E-state index contributed by atoms with van der Waals surface area (Å²) in [5, 5.41) is 3.03. The highest BCUT2D eigenvalue weighted by Gasteiger charge is 2.19. The summed E-state index contributed by atoms with van der Waals surface area (Å²) in [5.74, 6) is -0.184. The molecule has 0 unspecified atom stereocenters. The summed E-state index contributed by atoms with van der Waals surface area (Å²) in [4.78, 5) is 14.5. The van der Waals surface area contributed by atoms with Crippen LogP contribution in [0.2, 0.25) is 5.02 Å². The smallest absolute Gasteiger partial charge is 0.242 e. The van der Waals surface area contributed by atoms with Crippen LogP contribution in [0.1, 0.15) is 33.1 Å². The highest BCUT2D eigenvalue weighted by Crippen LogP contribution is 2.26. The Balaban J connectivity index is 2.77. The number of unbranched alkanes of at least 4 members (excludes halogenated alkanes) is 1. The van der Waals surface area contributed by atoms with Gasteiger partial charge in [-0.25, -0.2) is 12.7 Å². The number of hydrogen-bond donors (Lipinski definition) is 1. The lowest BCUT2D eigenvalue weighted by Crippen LogP contribution is -2.28. The van der Waals surface area contributed by atoms with E-state index in [0.717, 1.165) is 30.2 Å². The number of carbonyl (C=O) groups is 1. The third-order valence-electron chi connectivity index (χ3n) is 3.92. The van der Waals surface area contributed by atoms with Crippen LogP contribution in [0.4, 0.5) is 5.69 Å². The van der Waals surface area contributed by atoms with Gasteiger partial charge in [-0.15, -0.1) is 0 Å². The normalized spacial score (nSPS) is 12.0. The van der Waals surface area contributed by atoms with Crippen LogP contribution in [0.15, 0.2) is 23.1 Å². The van der Waals surface area contributed by atoms with Gasteiger partial charge in [-0.1, -0.05) is 31.9 Å². The van der Waals surface area contributed by atoms with Gasteiger partial charge < -0.3 is 10.2 Å². The van der Waals surface area contributed by atoms with Gasteiger partial charge in [0.25, 0.3) is 0 Å². The van der Waals surface area contributed by atoms with Crippen molar-refractivity contribution in [3.63, 3.8) is 0 Å². The Morgan fingerprint density at radius 1 is 1.20 bits per heavy atom. The average Bonchev–Trinajstić information content (AvgIpc) is 2.56. The molecule has 8 heteroatoms. The fourth-order valence-electron chi connectivity index (χ4n) is 2.25. The zero-order valence-electron chi connectivity index (χ0n) is 15.4. The number of nitrogens with zero attached hydrogens (tertiary/aromatic N) is 2. The number of anilines is 1. The average molecular weight is 390 g/mol. The zero-order valence-corrected chi connectivity index (χ0v) is 17.0. The van der Waals surface area contributed by atoms with E-state index >= 15 is 0 Å². The van der Waals surface area contributed by atoms with Crippen LogP contribution < -0.4 is 5.32 Å². The van der Waals surface area contributed by atoms with Crippen LogP contribution in [0.5, 0.6) is 0 Å². The van der Waals surface area contributed by atoms with Gasteiger partial charge in [-0.05, 0) is 37.7 Å². The van der Waals surface area contributed by atoms with Crippen LogP contribution in [0.25, 0.3) is 0 Å². The zero-order chi connectivity index (χ0) is 19.0. The largest absolute Gasteiger partial charge is 0.325 e. The lowest BCUT2D eigenvalue weighted by Gasteiger charge is -2.19. The first-order valence-electron chi connectivity index (χ1n) is 8.46. The number of carbonyl (C=O) groups excluding carboxylic acids is 1. The maximum Gasteiger partial charge on any atom is 0.242 e. The van der Waals surface area contributed by atoms with E-state index in [1.54, 1.807) is 0 Å². The first-order chi connectivity index (χ1) is 11.7. The van der Waals surface area contributed by atoms with Crippen LogP contribution in [-0.2, 0) is 14.8 Å². The summed E-state index contributed by atoms with van der Waals surface area (Å²) in [6.45, 7) is 6.73. The van der Waals surface area contributed by atoms with Crippen molar-refractivity contribution in [2.45, 2.75) is 38.0 Å². The fourth-order valence-corrected chi connectivity index (χ4v) is 3.35. The van der Waals surface area contributed by atoms with E-state index in [0.29, 0.717) is 23.7 Å². The number of amides is 1. The molecule has 1 rings (SSSR count). The van der Waals surface area contributed by atoms with Gasteiger partial charge in [0.05, 0.1) is 15.6 Å². The summed E-state index contributed by atoms with van der Waals surface area (Å²) >= 11 is 6.09. The minimum atomic E-state index is -3.58. The third kappa shape index (κ3) is 6.58. The maximum absolute atomic E-state index is 12.2. The van der Waals surface area contributed by atoms with Crippen LogP contribution in [-0.4, -0.2) is 57.3 Å². The van der Waals surface area contributed by atoms with Crippen molar-refractivity contribution in [1.82, 2.24) is 9.21 Å². The second-order valence-corrected chi connectivity index (χ2v) is 8.57. The van der Waals surface area contributed by atoms with Gasteiger partial charge in [0, 0.05) is 27.1 Å². The molecule has 1 amide bonds. The van der Waals surface area contributed by atoms with Gasteiger partial charge in [-0.3, -0.25) is 4.79 Å². The Morgan fingerprint density at radius 2 is 1.88 bits per heavy atom. The number of halogens is 1. The third-order valence-corrected chi connectivity index (χ3v) is 6.06. The molecule has 0 spiro atoms. The minimum Gasteiger partial charge on any atom is -0.325 e. The van der Waals surface area contributed by atoms with Gasteiger partial charge in [0.15, 0.2) is 0 Å².